The number of aromatic nitrogens is 2. The monoisotopic (exact) mass is 433 g/mol. The molecule has 0 bridgehead atoms. The Hall–Kier alpha value is -2.22. The predicted molar refractivity (Wildman–Crippen MR) is 98.0 cm³/mol. The molecule has 0 aliphatic rings. The first-order valence-corrected chi connectivity index (χ1v) is 8.48. The van der Waals surface area contributed by atoms with Crippen LogP contribution in [0, 0.1) is 0 Å². The Labute approximate surface area is 166 Å². The molecule has 3 aromatic rings. The topological polar surface area (TPSA) is 46.9 Å². The zero-order valence-corrected chi connectivity index (χ0v) is 15.5. The summed E-state index contributed by atoms with van der Waals surface area (Å²) in [7, 11) is 0. The van der Waals surface area contributed by atoms with E-state index in [4.69, 9.17) is 34.8 Å². The van der Waals surface area contributed by atoms with Crippen molar-refractivity contribution in [1.82, 2.24) is 9.78 Å². The van der Waals surface area contributed by atoms with Crippen LogP contribution in [-0.2, 0) is 6.18 Å². The molecule has 0 aliphatic heterocycles. The normalized spacial score (nSPS) is 11.5. The highest BCUT2D eigenvalue weighted by atomic mass is 35.5. The van der Waals surface area contributed by atoms with Crippen molar-refractivity contribution in [3.05, 3.63) is 75.0 Å². The first-order chi connectivity index (χ1) is 12.7. The fourth-order valence-corrected chi connectivity index (χ4v) is 2.95. The van der Waals surface area contributed by atoms with Gasteiger partial charge in [-0.1, -0.05) is 53.0 Å². The maximum atomic E-state index is 13.6. The van der Waals surface area contributed by atoms with Gasteiger partial charge in [0, 0.05) is 0 Å². The Kier molecular flexibility index (Phi) is 5.37. The number of hydrogen-bond donors (Lipinski definition) is 1. The molecule has 1 N–H and O–H groups in total. The molecule has 0 saturated carbocycles. The number of hydrogen-bond acceptors (Lipinski definition) is 2. The molecule has 4 nitrogen and oxygen atoms in total. The molecular weight excluding hydrogens is 426 g/mol. The molecule has 0 unspecified atom stereocenters. The van der Waals surface area contributed by atoms with Gasteiger partial charge in [0.05, 0.1) is 38.2 Å². The smallest absolute Gasteiger partial charge is 0.320 e. The number of halogens is 6. The van der Waals surface area contributed by atoms with E-state index in [-0.39, 0.29) is 26.4 Å². The largest absolute Gasteiger partial charge is 0.434 e. The number of carbonyl (C=O) groups excluding carboxylic acids is 1. The number of rotatable bonds is 3. The summed E-state index contributed by atoms with van der Waals surface area (Å²) in [6, 6.07) is 10.2. The van der Waals surface area contributed by atoms with Gasteiger partial charge >= 0.3 is 6.18 Å². The van der Waals surface area contributed by atoms with E-state index in [0.29, 0.717) is 4.68 Å². The van der Waals surface area contributed by atoms with Gasteiger partial charge in [-0.15, -0.1) is 0 Å². The number of para-hydroxylation sites is 1. The molecule has 140 valence electrons. The number of anilines is 1. The fraction of sp³-hybridized carbons (Fsp3) is 0.0588. The average Bonchev–Trinajstić information content (AvgIpc) is 3.06. The zero-order chi connectivity index (χ0) is 19.8. The second-order valence-corrected chi connectivity index (χ2v) is 6.57. The van der Waals surface area contributed by atoms with Crippen molar-refractivity contribution >= 4 is 46.4 Å². The van der Waals surface area contributed by atoms with Crippen LogP contribution in [0.3, 0.4) is 0 Å². The molecule has 0 radical (unpaired) electrons. The summed E-state index contributed by atoms with van der Waals surface area (Å²) < 4.78 is 41.5. The second-order valence-electron chi connectivity index (χ2n) is 5.35. The molecule has 1 aromatic heterocycles. The minimum atomic E-state index is -4.82. The molecule has 0 saturated heterocycles. The van der Waals surface area contributed by atoms with Crippen molar-refractivity contribution < 1.29 is 18.0 Å². The van der Waals surface area contributed by atoms with Crippen molar-refractivity contribution in [1.29, 1.82) is 0 Å². The van der Waals surface area contributed by atoms with Crippen LogP contribution in [0.25, 0.3) is 5.69 Å². The predicted octanol–water partition coefficient (Wildman–Crippen LogP) is 6.10. The number of alkyl halides is 3. The van der Waals surface area contributed by atoms with Crippen LogP contribution in [0.1, 0.15) is 16.1 Å². The van der Waals surface area contributed by atoms with Gasteiger partial charge < -0.3 is 5.32 Å². The van der Waals surface area contributed by atoms with E-state index in [1.165, 1.54) is 24.3 Å². The highest BCUT2D eigenvalue weighted by Crippen LogP contribution is 2.35. The second kappa shape index (κ2) is 7.42. The highest BCUT2D eigenvalue weighted by Gasteiger charge is 2.40. The standard InChI is InChI=1S/C17H9Cl3F3N3O/c18-11-6-13(20)14(7-12(11)19)25-16(27)10-8-24-26(15(10)17(21,22)23)9-4-2-1-3-5-9/h1-8H,(H,25,27). The summed E-state index contributed by atoms with van der Waals surface area (Å²) in [4.78, 5) is 12.5. The minimum absolute atomic E-state index is 0.0247. The number of carbonyl (C=O) groups is 1. The molecule has 1 heterocycles. The summed E-state index contributed by atoms with van der Waals surface area (Å²) in [5.41, 5.74) is -1.68. The van der Waals surface area contributed by atoms with Gasteiger partial charge in [-0.3, -0.25) is 4.79 Å². The average molecular weight is 435 g/mol. The molecule has 0 aliphatic carbocycles. The van der Waals surface area contributed by atoms with Gasteiger partial charge in [-0.05, 0) is 24.3 Å². The number of nitrogens with zero attached hydrogens (tertiary/aromatic N) is 2. The molecule has 0 atom stereocenters. The third kappa shape index (κ3) is 4.05. The van der Waals surface area contributed by atoms with Crippen LogP contribution >= 0.6 is 34.8 Å². The van der Waals surface area contributed by atoms with Crippen molar-refractivity contribution in [3.63, 3.8) is 0 Å². The Morgan fingerprint density at radius 1 is 1.00 bits per heavy atom. The Bertz CT molecular complexity index is 1000. The van der Waals surface area contributed by atoms with Gasteiger partial charge in [0.1, 0.15) is 0 Å². The fourth-order valence-electron chi connectivity index (χ4n) is 2.36. The third-order valence-corrected chi connectivity index (χ3v) is 4.58. The lowest BCUT2D eigenvalue weighted by Crippen LogP contribution is -2.20. The van der Waals surface area contributed by atoms with E-state index in [1.807, 2.05) is 0 Å². The highest BCUT2D eigenvalue weighted by molar-refractivity contribution is 6.44. The summed E-state index contributed by atoms with van der Waals surface area (Å²) in [6.07, 6.45) is -3.98. The lowest BCUT2D eigenvalue weighted by molar-refractivity contribution is -0.143. The Morgan fingerprint density at radius 2 is 1.63 bits per heavy atom. The maximum Gasteiger partial charge on any atom is 0.434 e. The van der Waals surface area contributed by atoms with E-state index in [2.05, 4.69) is 10.4 Å². The lowest BCUT2D eigenvalue weighted by atomic mass is 10.2. The third-order valence-electron chi connectivity index (χ3n) is 3.54. The number of benzene rings is 2. The van der Waals surface area contributed by atoms with Gasteiger partial charge in [-0.25, -0.2) is 4.68 Å². The van der Waals surface area contributed by atoms with Crippen LogP contribution in [0.15, 0.2) is 48.7 Å². The molecule has 10 heteroatoms. The van der Waals surface area contributed by atoms with Crippen LogP contribution < -0.4 is 5.32 Å². The number of nitrogens with one attached hydrogen (secondary N) is 1. The summed E-state index contributed by atoms with van der Waals surface area (Å²) in [5, 5.41) is 6.30. The molecule has 3 rings (SSSR count). The van der Waals surface area contributed by atoms with E-state index in [1.54, 1.807) is 18.2 Å². The Balaban J connectivity index is 2.03. The molecule has 27 heavy (non-hydrogen) atoms. The summed E-state index contributed by atoms with van der Waals surface area (Å²) >= 11 is 17.6. The Morgan fingerprint density at radius 3 is 2.26 bits per heavy atom. The van der Waals surface area contributed by atoms with E-state index < -0.39 is 23.3 Å². The molecular formula is C17H9Cl3F3N3O. The van der Waals surface area contributed by atoms with E-state index in [0.717, 1.165) is 6.20 Å². The van der Waals surface area contributed by atoms with Crippen LogP contribution in [0.5, 0.6) is 0 Å². The van der Waals surface area contributed by atoms with Crippen LogP contribution in [0.4, 0.5) is 18.9 Å². The van der Waals surface area contributed by atoms with Crippen LogP contribution in [0.2, 0.25) is 15.1 Å². The van der Waals surface area contributed by atoms with E-state index in [9.17, 15) is 18.0 Å². The van der Waals surface area contributed by atoms with Gasteiger partial charge in [0.25, 0.3) is 5.91 Å². The molecule has 0 spiro atoms. The molecule has 1 amide bonds. The van der Waals surface area contributed by atoms with Crippen LogP contribution in [-0.4, -0.2) is 15.7 Å². The van der Waals surface area contributed by atoms with Crippen molar-refractivity contribution in [2.24, 2.45) is 0 Å². The SMILES string of the molecule is O=C(Nc1cc(Cl)c(Cl)cc1Cl)c1cnn(-c2ccccc2)c1C(F)(F)F. The lowest BCUT2D eigenvalue weighted by Gasteiger charge is -2.13. The number of amides is 1. The van der Waals surface area contributed by atoms with Gasteiger partial charge in [0.15, 0.2) is 5.69 Å². The van der Waals surface area contributed by atoms with Crippen molar-refractivity contribution in [2.45, 2.75) is 6.18 Å². The maximum absolute atomic E-state index is 13.6. The summed E-state index contributed by atoms with van der Waals surface area (Å²) in [5.74, 6) is -1.04. The molecule has 0 fully saturated rings. The van der Waals surface area contributed by atoms with Gasteiger partial charge in [0.2, 0.25) is 0 Å². The van der Waals surface area contributed by atoms with Crippen molar-refractivity contribution in [3.8, 4) is 5.69 Å². The van der Waals surface area contributed by atoms with Gasteiger partial charge in [-0.2, -0.15) is 18.3 Å². The first-order valence-electron chi connectivity index (χ1n) is 7.35. The first kappa shape index (κ1) is 19.5. The van der Waals surface area contributed by atoms with Crippen molar-refractivity contribution in [2.75, 3.05) is 5.32 Å². The quantitative estimate of drug-likeness (QED) is 0.506. The van der Waals surface area contributed by atoms with E-state index >= 15 is 0 Å². The zero-order valence-electron chi connectivity index (χ0n) is 13.2. The summed E-state index contributed by atoms with van der Waals surface area (Å²) in [6.45, 7) is 0. The molecule has 2 aromatic carbocycles. The minimum Gasteiger partial charge on any atom is -0.320 e.